The van der Waals surface area contributed by atoms with E-state index in [-0.39, 0.29) is 5.95 Å². The lowest BCUT2D eigenvalue weighted by atomic mass is 10.0. The molecule has 0 spiro atoms. The number of piperazine rings is 1. The van der Waals surface area contributed by atoms with Gasteiger partial charge in [0.2, 0.25) is 5.95 Å². The standard InChI is InChI=1S/C18H23N7/c1-23-8-10-25(11-9-23)17-15(16(19)21-18(20)22-17)13-4-3-5-14-12(13)6-7-24(14)2/h3-7H,8-11H2,1-2H3,(H4,19,20,21,22). The van der Waals surface area contributed by atoms with E-state index in [1.807, 2.05) is 13.1 Å². The fourth-order valence-corrected chi connectivity index (χ4v) is 3.51. The highest BCUT2D eigenvalue weighted by Crippen LogP contribution is 2.38. The van der Waals surface area contributed by atoms with Crippen LogP contribution >= 0.6 is 0 Å². The third-order valence-electron chi connectivity index (χ3n) is 4.94. The number of rotatable bonds is 2. The monoisotopic (exact) mass is 337 g/mol. The second kappa shape index (κ2) is 5.93. The number of aromatic nitrogens is 3. The van der Waals surface area contributed by atoms with E-state index in [9.17, 15) is 0 Å². The van der Waals surface area contributed by atoms with Crippen molar-refractivity contribution >= 4 is 28.5 Å². The fraction of sp³-hybridized carbons (Fsp3) is 0.333. The number of nitrogens with two attached hydrogens (primary N) is 2. The molecule has 130 valence electrons. The molecular weight excluding hydrogens is 314 g/mol. The molecule has 0 saturated carbocycles. The molecule has 2 aromatic heterocycles. The maximum atomic E-state index is 6.31. The minimum absolute atomic E-state index is 0.218. The van der Waals surface area contributed by atoms with Gasteiger partial charge in [0.15, 0.2) is 0 Å². The van der Waals surface area contributed by atoms with E-state index in [2.05, 4.69) is 55.8 Å². The predicted octanol–water partition coefficient (Wildman–Crippen LogP) is 1.55. The Morgan fingerprint density at radius 1 is 0.960 bits per heavy atom. The van der Waals surface area contributed by atoms with Crippen molar-refractivity contribution in [3.63, 3.8) is 0 Å². The molecular formula is C18H23N7. The minimum atomic E-state index is 0.218. The molecule has 0 aliphatic carbocycles. The second-order valence-electron chi connectivity index (χ2n) is 6.62. The first-order valence-electron chi connectivity index (χ1n) is 8.45. The van der Waals surface area contributed by atoms with E-state index in [1.54, 1.807) is 0 Å². The first kappa shape index (κ1) is 15.7. The molecule has 3 aromatic rings. The number of hydrogen-bond donors (Lipinski definition) is 2. The number of hydrogen-bond acceptors (Lipinski definition) is 6. The quantitative estimate of drug-likeness (QED) is 0.737. The Hall–Kier alpha value is -2.80. The topological polar surface area (TPSA) is 89.2 Å². The van der Waals surface area contributed by atoms with Crippen LogP contribution < -0.4 is 16.4 Å². The van der Waals surface area contributed by atoms with Crippen LogP contribution in [0.3, 0.4) is 0 Å². The maximum Gasteiger partial charge on any atom is 0.223 e. The summed E-state index contributed by atoms with van der Waals surface area (Å²) in [6.45, 7) is 3.76. The van der Waals surface area contributed by atoms with Crippen LogP contribution in [0, 0.1) is 0 Å². The summed E-state index contributed by atoms with van der Waals surface area (Å²) in [6, 6.07) is 8.32. The normalized spacial score (nSPS) is 15.8. The third-order valence-corrected chi connectivity index (χ3v) is 4.94. The SMILES string of the molecule is CN1CCN(c2nc(N)nc(N)c2-c2cccc3c2ccn3C)CC1. The number of aryl methyl sites for hydroxylation is 1. The van der Waals surface area contributed by atoms with Gasteiger partial charge in [-0.15, -0.1) is 0 Å². The average Bonchev–Trinajstić information content (AvgIpc) is 2.97. The highest BCUT2D eigenvalue weighted by atomic mass is 15.3. The molecule has 0 amide bonds. The summed E-state index contributed by atoms with van der Waals surface area (Å²) >= 11 is 0. The summed E-state index contributed by atoms with van der Waals surface area (Å²) in [7, 11) is 4.17. The first-order chi connectivity index (χ1) is 12.0. The predicted molar refractivity (Wildman–Crippen MR) is 102 cm³/mol. The summed E-state index contributed by atoms with van der Waals surface area (Å²) in [5, 5.41) is 1.14. The molecule has 4 N–H and O–H groups in total. The number of benzene rings is 1. The molecule has 1 fully saturated rings. The van der Waals surface area contributed by atoms with Crippen LogP contribution in [0.1, 0.15) is 0 Å². The molecule has 3 heterocycles. The van der Waals surface area contributed by atoms with Gasteiger partial charge in [-0.3, -0.25) is 0 Å². The molecule has 0 atom stereocenters. The number of likely N-dealkylation sites (N-methyl/N-ethyl adjacent to an activating group) is 1. The maximum absolute atomic E-state index is 6.31. The first-order valence-corrected chi connectivity index (χ1v) is 8.45. The Kier molecular flexibility index (Phi) is 3.73. The lowest BCUT2D eigenvalue weighted by Crippen LogP contribution is -2.45. The van der Waals surface area contributed by atoms with Gasteiger partial charge in [0, 0.05) is 50.3 Å². The summed E-state index contributed by atoms with van der Waals surface area (Å²) in [4.78, 5) is 13.4. The smallest absolute Gasteiger partial charge is 0.223 e. The zero-order valence-corrected chi connectivity index (χ0v) is 14.6. The van der Waals surface area contributed by atoms with E-state index in [1.165, 1.54) is 0 Å². The van der Waals surface area contributed by atoms with Crippen molar-refractivity contribution < 1.29 is 0 Å². The summed E-state index contributed by atoms with van der Waals surface area (Å²) in [5.41, 5.74) is 15.3. The van der Waals surface area contributed by atoms with Crippen molar-refractivity contribution in [1.82, 2.24) is 19.4 Å². The Morgan fingerprint density at radius 2 is 1.72 bits per heavy atom. The number of nitrogen functional groups attached to an aromatic ring is 2. The number of anilines is 3. The highest BCUT2D eigenvalue weighted by Gasteiger charge is 2.23. The van der Waals surface area contributed by atoms with E-state index in [0.717, 1.165) is 54.0 Å². The lowest BCUT2D eigenvalue weighted by molar-refractivity contribution is 0.312. The molecule has 0 bridgehead atoms. The second-order valence-corrected chi connectivity index (χ2v) is 6.62. The Morgan fingerprint density at radius 3 is 2.48 bits per heavy atom. The fourth-order valence-electron chi connectivity index (χ4n) is 3.51. The zero-order valence-electron chi connectivity index (χ0n) is 14.6. The van der Waals surface area contributed by atoms with Gasteiger partial charge in [-0.05, 0) is 24.7 Å². The van der Waals surface area contributed by atoms with Crippen LogP contribution in [-0.4, -0.2) is 52.7 Å². The molecule has 1 aromatic carbocycles. The largest absolute Gasteiger partial charge is 0.383 e. The molecule has 1 aliphatic rings. The van der Waals surface area contributed by atoms with Crippen molar-refractivity contribution in [2.75, 3.05) is 49.6 Å². The Labute approximate surface area is 146 Å². The highest BCUT2D eigenvalue weighted by molar-refractivity contribution is 6.01. The molecule has 4 rings (SSSR count). The summed E-state index contributed by atoms with van der Waals surface area (Å²) in [6.07, 6.45) is 2.05. The van der Waals surface area contributed by atoms with Crippen molar-refractivity contribution in [2.24, 2.45) is 7.05 Å². The molecule has 7 nitrogen and oxygen atoms in total. The summed E-state index contributed by atoms with van der Waals surface area (Å²) in [5.74, 6) is 1.47. The van der Waals surface area contributed by atoms with Crippen molar-refractivity contribution in [2.45, 2.75) is 0 Å². The van der Waals surface area contributed by atoms with Crippen LogP contribution in [-0.2, 0) is 7.05 Å². The van der Waals surface area contributed by atoms with Gasteiger partial charge in [0.1, 0.15) is 11.6 Å². The van der Waals surface area contributed by atoms with E-state index in [0.29, 0.717) is 5.82 Å². The van der Waals surface area contributed by atoms with E-state index < -0.39 is 0 Å². The van der Waals surface area contributed by atoms with Crippen molar-refractivity contribution in [3.05, 3.63) is 30.5 Å². The van der Waals surface area contributed by atoms with Gasteiger partial charge in [0.25, 0.3) is 0 Å². The van der Waals surface area contributed by atoms with Crippen LogP contribution in [0.4, 0.5) is 17.6 Å². The molecule has 1 saturated heterocycles. The number of nitrogens with zero attached hydrogens (tertiary/aromatic N) is 5. The molecule has 0 radical (unpaired) electrons. The minimum Gasteiger partial charge on any atom is -0.383 e. The summed E-state index contributed by atoms with van der Waals surface area (Å²) < 4.78 is 2.10. The molecule has 7 heteroatoms. The van der Waals surface area contributed by atoms with Crippen molar-refractivity contribution in [3.8, 4) is 11.1 Å². The third kappa shape index (κ3) is 2.66. The van der Waals surface area contributed by atoms with E-state index in [4.69, 9.17) is 11.5 Å². The average molecular weight is 337 g/mol. The van der Waals surface area contributed by atoms with Crippen LogP contribution in [0.2, 0.25) is 0 Å². The van der Waals surface area contributed by atoms with Crippen molar-refractivity contribution in [1.29, 1.82) is 0 Å². The molecule has 0 unspecified atom stereocenters. The Balaban J connectivity index is 1.91. The van der Waals surface area contributed by atoms with Gasteiger partial charge >= 0.3 is 0 Å². The molecule has 1 aliphatic heterocycles. The van der Waals surface area contributed by atoms with Gasteiger partial charge in [-0.2, -0.15) is 9.97 Å². The van der Waals surface area contributed by atoms with Gasteiger partial charge in [-0.25, -0.2) is 0 Å². The van der Waals surface area contributed by atoms with Crippen LogP contribution in [0.25, 0.3) is 22.0 Å². The lowest BCUT2D eigenvalue weighted by Gasteiger charge is -2.34. The van der Waals surface area contributed by atoms with Crippen LogP contribution in [0.15, 0.2) is 30.5 Å². The number of fused-ring (bicyclic) bond motifs is 1. The van der Waals surface area contributed by atoms with Crippen LogP contribution in [0.5, 0.6) is 0 Å². The van der Waals surface area contributed by atoms with Gasteiger partial charge in [-0.1, -0.05) is 12.1 Å². The zero-order chi connectivity index (χ0) is 17.6. The van der Waals surface area contributed by atoms with Gasteiger partial charge < -0.3 is 25.8 Å². The molecule has 25 heavy (non-hydrogen) atoms. The van der Waals surface area contributed by atoms with E-state index >= 15 is 0 Å². The Bertz CT molecular complexity index is 923. The van der Waals surface area contributed by atoms with Gasteiger partial charge in [0.05, 0.1) is 5.56 Å².